The number of nitrogens with one attached hydrogen (secondary N) is 1. The summed E-state index contributed by atoms with van der Waals surface area (Å²) in [4.78, 5) is 21.6. The maximum absolute atomic E-state index is 14.7. The fourth-order valence-electron chi connectivity index (χ4n) is 4.13. The number of nitrogens with zero attached hydrogens (tertiary/aromatic N) is 4. The van der Waals surface area contributed by atoms with E-state index in [0.717, 1.165) is 37.3 Å². The van der Waals surface area contributed by atoms with Gasteiger partial charge in [-0.15, -0.1) is 0 Å². The van der Waals surface area contributed by atoms with Crippen LogP contribution in [0.5, 0.6) is 0 Å². The Morgan fingerprint density at radius 2 is 2.21 bits per heavy atom. The highest BCUT2D eigenvalue weighted by Gasteiger charge is 2.20. The SMILES string of the molecule is C=C1C(F)=CC(c2cc(=O)n3cc(N4CCN[C@H](C)C4)ccc3n2)=CN1/C=C(/C)C(C)CC. The van der Waals surface area contributed by atoms with E-state index in [4.69, 9.17) is 0 Å². The Morgan fingerprint density at radius 3 is 2.94 bits per heavy atom. The van der Waals surface area contributed by atoms with Crippen LogP contribution in [0.4, 0.5) is 10.1 Å². The van der Waals surface area contributed by atoms with Crippen LogP contribution in [-0.2, 0) is 0 Å². The predicted molar refractivity (Wildman–Crippen MR) is 132 cm³/mol. The minimum absolute atomic E-state index is 0.197. The summed E-state index contributed by atoms with van der Waals surface area (Å²) >= 11 is 0. The Kier molecular flexibility index (Phi) is 6.51. The number of piperazine rings is 1. The average Bonchev–Trinajstić information content (AvgIpc) is 2.81. The van der Waals surface area contributed by atoms with Gasteiger partial charge in [0.2, 0.25) is 0 Å². The van der Waals surface area contributed by atoms with Gasteiger partial charge in [0.1, 0.15) is 11.5 Å². The maximum atomic E-state index is 14.7. The summed E-state index contributed by atoms with van der Waals surface area (Å²) in [6.07, 6.45) is 7.91. The lowest BCUT2D eigenvalue weighted by Gasteiger charge is -2.33. The molecule has 1 N–H and O–H groups in total. The average molecular weight is 450 g/mol. The number of hydrogen-bond donors (Lipinski definition) is 1. The lowest BCUT2D eigenvalue weighted by atomic mass is 10.0. The molecule has 0 saturated carbocycles. The van der Waals surface area contributed by atoms with Gasteiger partial charge in [0.25, 0.3) is 5.56 Å². The van der Waals surface area contributed by atoms with E-state index in [1.54, 1.807) is 15.5 Å². The summed E-state index contributed by atoms with van der Waals surface area (Å²) in [5.74, 6) is -0.0641. The predicted octanol–water partition coefficient (Wildman–Crippen LogP) is 4.47. The molecule has 7 heteroatoms. The normalized spacial score (nSPS) is 20.7. The number of fused-ring (bicyclic) bond motifs is 1. The standard InChI is InChI=1S/C26H32FN5O/c1-6-17(2)18(3)13-31-15-21(11-23(27)20(31)5)24-12-26(33)32-16-22(7-8-25(32)29-24)30-10-9-28-19(4)14-30/h7-8,11-13,15-17,19,28H,5-6,9-10,14H2,1-4H3/b18-13-/t17?,19-/m1/s1. The van der Waals surface area contributed by atoms with Crippen LogP contribution in [0, 0.1) is 5.92 Å². The Morgan fingerprint density at radius 1 is 1.42 bits per heavy atom. The number of allylic oxidation sites excluding steroid dienone is 4. The molecule has 2 aromatic rings. The third-order valence-electron chi connectivity index (χ3n) is 6.55. The Labute approximate surface area is 194 Å². The van der Waals surface area contributed by atoms with Crippen LogP contribution in [-0.4, -0.2) is 40.0 Å². The fourth-order valence-corrected chi connectivity index (χ4v) is 4.13. The Hall–Kier alpha value is -3.19. The second kappa shape index (κ2) is 9.35. The van der Waals surface area contributed by atoms with Crippen molar-refractivity contribution in [1.29, 1.82) is 0 Å². The first-order chi connectivity index (χ1) is 15.8. The highest BCUT2D eigenvalue weighted by atomic mass is 19.1. The highest BCUT2D eigenvalue weighted by molar-refractivity contribution is 5.75. The van der Waals surface area contributed by atoms with Crippen molar-refractivity contribution in [2.75, 3.05) is 24.5 Å². The quantitative estimate of drug-likeness (QED) is 0.730. The van der Waals surface area contributed by atoms with E-state index < -0.39 is 5.83 Å². The molecule has 174 valence electrons. The molecule has 1 saturated heterocycles. The van der Waals surface area contributed by atoms with E-state index >= 15 is 0 Å². The lowest BCUT2D eigenvalue weighted by molar-refractivity contribution is 0.484. The van der Waals surface area contributed by atoms with Gasteiger partial charge in [0, 0.05) is 55.9 Å². The van der Waals surface area contributed by atoms with Crippen molar-refractivity contribution in [2.45, 2.75) is 40.2 Å². The van der Waals surface area contributed by atoms with Gasteiger partial charge in [0.05, 0.1) is 17.1 Å². The summed E-state index contributed by atoms with van der Waals surface area (Å²) in [5.41, 5.74) is 3.69. The zero-order valence-corrected chi connectivity index (χ0v) is 19.8. The summed E-state index contributed by atoms with van der Waals surface area (Å²) in [6.45, 7) is 15.0. The first kappa shape index (κ1) is 23.0. The smallest absolute Gasteiger partial charge is 0.258 e. The maximum Gasteiger partial charge on any atom is 0.258 e. The first-order valence-corrected chi connectivity index (χ1v) is 11.5. The van der Waals surface area contributed by atoms with E-state index in [2.05, 4.69) is 42.6 Å². The molecule has 2 aliphatic rings. The van der Waals surface area contributed by atoms with Crippen molar-refractivity contribution >= 4 is 16.9 Å². The third kappa shape index (κ3) is 4.78. The fraction of sp³-hybridized carbons (Fsp3) is 0.385. The van der Waals surface area contributed by atoms with Gasteiger partial charge in [-0.05, 0) is 44.4 Å². The van der Waals surface area contributed by atoms with Crippen LogP contribution >= 0.6 is 0 Å². The molecule has 0 bridgehead atoms. The summed E-state index contributed by atoms with van der Waals surface area (Å²) < 4.78 is 16.3. The zero-order valence-electron chi connectivity index (χ0n) is 19.8. The molecule has 2 aliphatic heterocycles. The Balaban J connectivity index is 1.70. The van der Waals surface area contributed by atoms with E-state index in [0.29, 0.717) is 28.9 Å². The van der Waals surface area contributed by atoms with Gasteiger partial charge in [-0.3, -0.25) is 9.20 Å². The van der Waals surface area contributed by atoms with Crippen molar-refractivity contribution < 1.29 is 4.39 Å². The molecule has 1 fully saturated rings. The number of rotatable bonds is 5. The summed E-state index contributed by atoms with van der Waals surface area (Å²) in [7, 11) is 0. The lowest BCUT2D eigenvalue weighted by Crippen LogP contribution is -2.49. The van der Waals surface area contributed by atoms with E-state index in [9.17, 15) is 9.18 Å². The number of halogens is 1. The number of anilines is 1. The van der Waals surface area contributed by atoms with Gasteiger partial charge < -0.3 is 15.1 Å². The summed E-state index contributed by atoms with van der Waals surface area (Å²) in [5, 5.41) is 3.43. The van der Waals surface area contributed by atoms with Crippen LogP contribution in [0.25, 0.3) is 11.2 Å². The summed E-state index contributed by atoms with van der Waals surface area (Å²) in [6, 6.07) is 5.69. The Bertz CT molecular complexity index is 1220. The highest BCUT2D eigenvalue weighted by Crippen LogP contribution is 2.30. The van der Waals surface area contributed by atoms with Crippen molar-refractivity contribution in [2.24, 2.45) is 5.92 Å². The molecule has 0 aromatic carbocycles. The van der Waals surface area contributed by atoms with Crippen LogP contribution < -0.4 is 15.8 Å². The molecule has 0 spiro atoms. The molecule has 4 rings (SSSR count). The van der Waals surface area contributed by atoms with E-state index in [1.165, 1.54) is 12.1 Å². The van der Waals surface area contributed by atoms with Crippen LogP contribution in [0.1, 0.15) is 39.8 Å². The molecule has 0 aliphatic carbocycles. The van der Waals surface area contributed by atoms with Crippen LogP contribution in [0.3, 0.4) is 0 Å². The van der Waals surface area contributed by atoms with Crippen LogP contribution in [0.2, 0.25) is 0 Å². The van der Waals surface area contributed by atoms with E-state index in [-0.39, 0.29) is 11.3 Å². The van der Waals surface area contributed by atoms with Gasteiger partial charge in [-0.1, -0.05) is 26.0 Å². The second-order valence-corrected chi connectivity index (χ2v) is 9.01. The molecule has 33 heavy (non-hydrogen) atoms. The molecule has 2 atom stereocenters. The second-order valence-electron chi connectivity index (χ2n) is 9.01. The van der Waals surface area contributed by atoms with Gasteiger partial charge in [-0.25, -0.2) is 9.37 Å². The largest absolute Gasteiger partial charge is 0.368 e. The minimum Gasteiger partial charge on any atom is -0.368 e. The molecule has 6 nitrogen and oxygen atoms in total. The number of hydrogen-bond acceptors (Lipinski definition) is 5. The molecule has 0 amide bonds. The van der Waals surface area contributed by atoms with Gasteiger partial charge in [0.15, 0.2) is 0 Å². The monoisotopic (exact) mass is 449 g/mol. The number of aromatic nitrogens is 2. The third-order valence-corrected chi connectivity index (χ3v) is 6.55. The molecule has 4 heterocycles. The van der Waals surface area contributed by atoms with Crippen molar-refractivity contribution in [1.82, 2.24) is 19.6 Å². The van der Waals surface area contributed by atoms with Gasteiger partial charge in [-0.2, -0.15) is 0 Å². The topological polar surface area (TPSA) is 52.9 Å². The van der Waals surface area contributed by atoms with Crippen molar-refractivity contribution in [3.8, 4) is 0 Å². The van der Waals surface area contributed by atoms with Crippen molar-refractivity contribution in [3.05, 3.63) is 82.6 Å². The minimum atomic E-state index is -0.439. The van der Waals surface area contributed by atoms with Gasteiger partial charge >= 0.3 is 0 Å². The zero-order chi connectivity index (χ0) is 23.7. The van der Waals surface area contributed by atoms with Crippen LogP contribution in [0.15, 0.2) is 71.3 Å². The molecule has 2 aromatic heterocycles. The molecule has 0 radical (unpaired) electrons. The molecular formula is C26H32FN5O. The van der Waals surface area contributed by atoms with Crippen molar-refractivity contribution in [3.63, 3.8) is 0 Å². The number of pyridine rings is 1. The first-order valence-electron chi connectivity index (χ1n) is 11.5. The molecule has 1 unspecified atom stereocenters. The van der Waals surface area contributed by atoms with E-state index in [1.807, 2.05) is 31.5 Å². The molecular weight excluding hydrogens is 417 g/mol.